The van der Waals surface area contributed by atoms with Crippen molar-refractivity contribution < 1.29 is 4.74 Å². The second-order valence-electron chi connectivity index (χ2n) is 7.62. The van der Waals surface area contributed by atoms with E-state index in [2.05, 4.69) is 65.6 Å². The van der Waals surface area contributed by atoms with E-state index in [1.165, 1.54) is 11.1 Å². The Balaban J connectivity index is 1.64. The largest absolute Gasteiger partial charge is 0.382 e. The molecule has 0 bridgehead atoms. The molecule has 2 N–H and O–H groups in total. The average molecular weight is 360 g/mol. The maximum Gasteiger partial charge on any atom is 0.152 e. The smallest absolute Gasteiger partial charge is 0.152 e. The highest BCUT2D eigenvalue weighted by atomic mass is 16.5. The predicted molar refractivity (Wildman–Crippen MR) is 109 cm³/mol. The van der Waals surface area contributed by atoms with Crippen molar-refractivity contribution in [2.45, 2.75) is 39.5 Å². The van der Waals surface area contributed by atoms with Gasteiger partial charge in [0.1, 0.15) is 5.52 Å². The SMILES string of the molecule is Cc1cccc(COC(C)(C)Cn2cnc3c(N)nc4ccccc4c32)c1. The summed E-state index contributed by atoms with van der Waals surface area (Å²) in [4.78, 5) is 8.97. The molecule has 138 valence electrons. The lowest BCUT2D eigenvalue weighted by Gasteiger charge is -2.26. The van der Waals surface area contributed by atoms with Crippen molar-refractivity contribution in [1.29, 1.82) is 0 Å². The first-order valence-corrected chi connectivity index (χ1v) is 9.11. The van der Waals surface area contributed by atoms with E-state index in [4.69, 9.17) is 10.5 Å². The van der Waals surface area contributed by atoms with E-state index >= 15 is 0 Å². The third-order valence-corrected chi connectivity index (χ3v) is 4.74. The minimum Gasteiger partial charge on any atom is -0.382 e. The number of nitrogens with zero attached hydrogens (tertiary/aromatic N) is 3. The van der Waals surface area contributed by atoms with Gasteiger partial charge in [-0.15, -0.1) is 0 Å². The molecule has 27 heavy (non-hydrogen) atoms. The van der Waals surface area contributed by atoms with Gasteiger partial charge < -0.3 is 15.0 Å². The van der Waals surface area contributed by atoms with Gasteiger partial charge >= 0.3 is 0 Å². The van der Waals surface area contributed by atoms with Gasteiger partial charge in [-0.2, -0.15) is 0 Å². The summed E-state index contributed by atoms with van der Waals surface area (Å²) in [6.07, 6.45) is 1.83. The Morgan fingerprint density at radius 3 is 2.74 bits per heavy atom. The van der Waals surface area contributed by atoms with Crippen LogP contribution >= 0.6 is 0 Å². The van der Waals surface area contributed by atoms with Gasteiger partial charge in [-0.25, -0.2) is 9.97 Å². The Kier molecular flexibility index (Phi) is 4.32. The Hall–Kier alpha value is -2.92. The lowest BCUT2D eigenvalue weighted by Crippen LogP contribution is -2.30. The molecular weight excluding hydrogens is 336 g/mol. The third-order valence-electron chi connectivity index (χ3n) is 4.74. The summed E-state index contributed by atoms with van der Waals surface area (Å²) in [5.41, 5.74) is 10.8. The fraction of sp³-hybridized carbons (Fsp3) is 0.273. The van der Waals surface area contributed by atoms with Crippen molar-refractivity contribution in [1.82, 2.24) is 14.5 Å². The van der Waals surface area contributed by atoms with Gasteiger partial charge in [0.25, 0.3) is 0 Å². The van der Waals surface area contributed by atoms with Crippen molar-refractivity contribution >= 4 is 27.8 Å². The number of nitrogens with two attached hydrogens (primary N) is 1. The topological polar surface area (TPSA) is 66.0 Å². The van der Waals surface area contributed by atoms with E-state index in [1.54, 1.807) is 0 Å². The van der Waals surface area contributed by atoms with Crippen LogP contribution in [0.15, 0.2) is 54.9 Å². The zero-order chi connectivity index (χ0) is 19.0. The maximum absolute atomic E-state index is 6.24. The molecule has 5 heteroatoms. The second-order valence-corrected chi connectivity index (χ2v) is 7.62. The fourth-order valence-corrected chi connectivity index (χ4v) is 3.46. The maximum atomic E-state index is 6.24. The van der Waals surface area contributed by atoms with Gasteiger partial charge in [0.2, 0.25) is 0 Å². The number of fused-ring (bicyclic) bond motifs is 3. The molecule has 2 aromatic heterocycles. The standard InChI is InChI=1S/C22H24N4O/c1-15-7-6-8-16(11-15)12-27-22(2,3)13-26-14-24-19-20(26)17-9-4-5-10-18(17)25-21(19)23/h4-11,14H,12-13H2,1-3H3,(H2,23,25). The molecule has 5 nitrogen and oxygen atoms in total. The number of anilines is 1. The molecule has 4 rings (SSSR count). The highest BCUT2D eigenvalue weighted by Gasteiger charge is 2.22. The van der Waals surface area contributed by atoms with E-state index < -0.39 is 0 Å². The van der Waals surface area contributed by atoms with Crippen molar-refractivity contribution in [3.8, 4) is 0 Å². The number of pyridine rings is 1. The van der Waals surface area contributed by atoms with Crippen LogP contribution in [0.3, 0.4) is 0 Å². The van der Waals surface area contributed by atoms with Crippen LogP contribution in [0, 0.1) is 6.92 Å². The number of aryl methyl sites for hydroxylation is 1. The lowest BCUT2D eigenvalue weighted by molar-refractivity contribution is -0.0401. The average Bonchev–Trinajstić information content (AvgIpc) is 3.04. The van der Waals surface area contributed by atoms with Crippen LogP contribution in [-0.2, 0) is 17.9 Å². The monoisotopic (exact) mass is 360 g/mol. The number of para-hydroxylation sites is 1. The first kappa shape index (κ1) is 17.5. The molecule has 0 saturated heterocycles. The summed E-state index contributed by atoms with van der Waals surface area (Å²) in [7, 11) is 0. The zero-order valence-electron chi connectivity index (χ0n) is 15.9. The highest BCUT2D eigenvalue weighted by Crippen LogP contribution is 2.28. The number of benzene rings is 2. The van der Waals surface area contributed by atoms with Crippen LogP contribution in [-0.4, -0.2) is 20.1 Å². The number of imidazole rings is 1. The number of aromatic nitrogens is 3. The van der Waals surface area contributed by atoms with Gasteiger partial charge in [0, 0.05) is 5.39 Å². The van der Waals surface area contributed by atoms with Crippen LogP contribution < -0.4 is 5.73 Å². The summed E-state index contributed by atoms with van der Waals surface area (Å²) in [5.74, 6) is 0.459. The first-order chi connectivity index (χ1) is 12.9. The number of nitrogen functional groups attached to an aromatic ring is 1. The first-order valence-electron chi connectivity index (χ1n) is 9.11. The van der Waals surface area contributed by atoms with Gasteiger partial charge in [0.05, 0.1) is 36.1 Å². The van der Waals surface area contributed by atoms with E-state index in [1.807, 2.05) is 24.5 Å². The quantitative estimate of drug-likeness (QED) is 0.570. The Morgan fingerprint density at radius 1 is 1.11 bits per heavy atom. The van der Waals surface area contributed by atoms with E-state index in [0.717, 1.165) is 21.9 Å². The molecular formula is C22H24N4O. The van der Waals surface area contributed by atoms with Crippen LogP contribution in [0.5, 0.6) is 0 Å². The summed E-state index contributed by atoms with van der Waals surface area (Å²) < 4.78 is 8.36. The molecule has 0 atom stereocenters. The Bertz CT molecular complexity index is 1110. The molecule has 0 aliphatic heterocycles. The molecule has 2 heterocycles. The van der Waals surface area contributed by atoms with Gasteiger partial charge in [-0.05, 0) is 32.4 Å². The molecule has 0 unspecified atom stereocenters. The summed E-state index contributed by atoms with van der Waals surface area (Å²) >= 11 is 0. The van der Waals surface area contributed by atoms with Crippen LogP contribution in [0.4, 0.5) is 5.82 Å². The molecule has 2 aromatic carbocycles. The molecule has 0 aliphatic carbocycles. The van der Waals surface area contributed by atoms with E-state index in [9.17, 15) is 0 Å². The minimum atomic E-state index is -0.365. The lowest BCUT2D eigenvalue weighted by atomic mass is 10.1. The summed E-state index contributed by atoms with van der Waals surface area (Å²) in [5, 5.41) is 1.05. The summed E-state index contributed by atoms with van der Waals surface area (Å²) in [6, 6.07) is 16.4. The number of rotatable bonds is 5. The third kappa shape index (κ3) is 3.51. The van der Waals surface area contributed by atoms with Crippen LogP contribution in [0.25, 0.3) is 21.9 Å². The van der Waals surface area contributed by atoms with E-state index in [-0.39, 0.29) is 5.60 Å². The predicted octanol–water partition coefficient (Wildman–Crippen LogP) is 4.47. The van der Waals surface area contributed by atoms with Gasteiger partial charge in [0.15, 0.2) is 5.82 Å². The van der Waals surface area contributed by atoms with Gasteiger partial charge in [-0.3, -0.25) is 0 Å². The van der Waals surface area contributed by atoms with Crippen LogP contribution in [0.2, 0.25) is 0 Å². The highest BCUT2D eigenvalue weighted by molar-refractivity contribution is 6.06. The minimum absolute atomic E-state index is 0.365. The zero-order valence-corrected chi connectivity index (χ0v) is 15.9. The van der Waals surface area contributed by atoms with Gasteiger partial charge in [-0.1, -0.05) is 48.0 Å². The Labute approximate surface area is 158 Å². The van der Waals surface area contributed by atoms with E-state index in [0.29, 0.717) is 19.0 Å². The summed E-state index contributed by atoms with van der Waals surface area (Å²) in [6.45, 7) is 7.53. The molecule has 0 aliphatic rings. The number of ether oxygens (including phenoxy) is 1. The molecule has 0 spiro atoms. The molecule has 4 aromatic rings. The fourth-order valence-electron chi connectivity index (χ4n) is 3.46. The van der Waals surface area contributed by atoms with Crippen molar-refractivity contribution in [3.63, 3.8) is 0 Å². The normalized spacial score (nSPS) is 12.1. The second kappa shape index (κ2) is 6.67. The molecule has 0 radical (unpaired) electrons. The molecule has 0 saturated carbocycles. The number of hydrogen-bond acceptors (Lipinski definition) is 4. The van der Waals surface area contributed by atoms with Crippen molar-refractivity contribution in [3.05, 3.63) is 66.0 Å². The molecule has 0 fully saturated rings. The van der Waals surface area contributed by atoms with Crippen molar-refractivity contribution in [2.24, 2.45) is 0 Å². The molecule has 0 amide bonds. The number of hydrogen-bond donors (Lipinski definition) is 1. The Morgan fingerprint density at radius 2 is 1.93 bits per heavy atom. The van der Waals surface area contributed by atoms with Crippen molar-refractivity contribution in [2.75, 3.05) is 5.73 Å². The van der Waals surface area contributed by atoms with Crippen LogP contribution in [0.1, 0.15) is 25.0 Å².